The number of nitrogens with one attached hydrogen (secondary N) is 1. The van der Waals surface area contributed by atoms with E-state index in [1.807, 2.05) is 0 Å². The first-order valence-electron chi connectivity index (χ1n) is 5.36. The number of carbonyl (C=O) groups is 1. The molecule has 1 aromatic rings. The summed E-state index contributed by atoms with van der Waals surface area (Å²) < 4.78 is 4.54. The number of carbonyl (C=O) groups excluding carboxylic acids is 1. The molecule has 1 aromatic heterocycles. The van der Waals surface area contributed by atoms with Gasteiger partial charge in [0.2, 0.25) is 0 Å². The molecule has 86 valence electrons. The highest BCUT2D eigenvalue weighted by Gasteiger charge is 2.31. The summed E-state index contributed by atoms with van der Waals surface area (Å²) in [6, 6.07) is 3.35. The third kappa shape index (κ3) is 2.48. The second kappa shape index (κ2) is 4.47. The third-order valence-electron chi connectivity index (χ3n) is 2.88. The number of esters is 1. The van der Waals surface area contributed by atoms with Crippen LogP contribution in [0.4, 0.5) is 5.82 Å². The first-order valence-corrected chi connectivity index (χ1v) is 5.36. The number of hydrogen-bond acceptors (Lipinski definition) is 5. The molecule has 0 saturated heterocycles. The number of nitrogens with zero attached hydrogens (tertiary/aromatic N) is 2. The summed E-state index contributed by atoms with van der Waals surface area (Å²) in [6.45, 7) is 3.16. The van der Waals surface area contributed by atoms with Crippen molar-refractivity contribution in [1.82, 2.24) is 10.2 Å². The fraction of sp³-hybridized carbons (Fsp3) is 0.545. The van der Waals surface area contributed by atoms with Crippen LogP contribution in [0.25, 0.3) is 0 Å². The van der Waals surface area contributed by atoms with E-state index in [4.69, 9.17) is 0 Å². The van der Waals surface area contributed by atoms with E-state index in [9.17, 15) is 4.79 Å². The molecule has 5 heteroatoms. The zero-order valence-electron chi connectivity index (χ0n) is 9.43. The average Bonchev–Trinajstić information content (AvgIpc) is 3.02. The van der Waals surface area contributed by atoms with E-state index >= 15 is 0 Å². The van der Waals surface area contributed by atoms with Crippen LogP contribution in [0.3, 0.4) is 0 Å². The molecular formula is C11H15N3O2. The molecule has 0 amide bonds. The predicted octanol–water partition coefficient (Wildman–Crippen LogP) is 1.33. The molecule has 0 aromatic carbocycles. The Labute approximate surface area is 94.2 Å². The summed E-state index contributed by atoms with van der Waals surface area (Å²) in [5.41, 5.74) is 0.229. The zero-order valence-corrected chi connectivity index (χ0v) is 9.43. The van der Waals surface area contributed by atoms with Crippen molar-refractivity contribution in [1.29, 1.82) is 0 Å². The van der Waals surface area contributed by atoms with Crippen molar-refractivity contribution >= 4 is 11.8 Å². The number of methoxy groups -OCH3 is 1. The maximum atomic E-state index is 11.1. The fourth-order valence-electron chi connectivity index (χ4n) is 1.56. The fourth-order valence-corrected chi connectivity index (χ4v) is 1.56. The lowest BCUT2D eigenvalue weighted by molar-refractivity contribution is 0.0593. The molecule has 2 unspecified atom stereocenters. The van der Waals surface area contributed by atoms with Crippen LogP contribution in [-0.4, -0.2) is 29.8 Å². The van der Waals surface area contributed by atoms with Crippen LogP contribution in [0, 0.1) is 11.8 Å². The highest BCUT2D eigenvalue weighted by atomic mass is 16.5. The Morgan fingerprint density at radius 1 is 1.56 bits per heavy atom. The quantitative estimate of drug-likeness (QED) is 0.777. The Bertz CT molecular complexity index is 377. The summed E-state index contributed by atoms with van der Waals surface area (Å²) in [7, 11) is 1.32. The molecule has 1 saturated carbocycles. The largest absolute Gasteiger partial charge is 0.464 e. The SMILES string of the molecule is COC(=O)c1ccc(NCC2CC2C)nn1. The van der Waals surface area contributed by atoms with E-state index in [2.05, 4.69) is 27.2 Å². The second-order valence-corrected chi connectivity index (χ2v) is 4.15. The van der Waals surface area contributed by atoms with E-state index in [1.54, 1.807) is 12.1 Å². The Morgan fingerprint density at radius 2 is 2.31 bits per heavy atom. The van der Waals surface area contributed by atoms with Gasteiger partial charge < -0.3 is 10.1 Å². The van der Waals surface area contributed by atoms with Gasteiger partial charge in [0.05, 0.1) is 7.11 Å². The minimum Gasteiger partial charge on any atom is -0.464 e. The summed E-state index contributed by atoms with van der Waals surface area (Å²) in [6.07, 6.45) is 1.28. The molecule has 2 atom stereocenters. The van der Waals surface area contributed by atoms with Crippen molar-refractivity contribution in [3.63, 3.8) is 0 Å². The van der Waals surface area contributed by atoms with Gasteiger partial charge in [0, 0.05) is 6.54 Å². The number of ether oxygens (including phenoxy) is 1. The van der Waals surface area contributed by atoms with Crippen molar-refractivity contribution < 1.29 is 9.53 Å². The molecule has 0 bridgehead atoms. The molecule has 0 aliphatic heterocycles. The van der Waals surface area contributed by atoms with E-state index in [1.165, 1.54) is 13.5 Å². The van der Waals surface area contributed by atoms with Gasteiger partial charge in [-0.2, -0.15) is 0 Å². The topological polar surface area (TPSA) is 64.1 Å². The van der Waals surface area contributed by atoms with Crippen LogP contribution in [0.2, 0.25) is 0 Å². The van der Waals surface area contributed by atoms with Crippen molar-refractivity contribution in [3.8, 4) is 0 Å². The normalized spacial score (nSPS) is 22.6. The molecule has 1 N–H and O–H groups in total. The van der Waals surface area contributed by atoms with E-state index in [0.717, 1.165) is 18.4 Å². The van der Waals surface area contributed by atoms with Crippen molar-refractivity contribution in [3.05, 3.63) is 17.8 Å². The van der Waals surface area contributed by atoms with Crippen LogP contribution in [0.1, 0.15) is 23.8 Å². The third-order valence-corrected chi connectivity index (χ3v) is 2.88. The molecule has 1 fully saturated rings. The van der Waals surface area contributed by atoms with Gasteiger partial charge in [0.15, 0.2) is 5.69 Å². The summed E-state index contributed by atoms with van der Waals surface area (Å²) >= 11 is 0. The number of aromatic nitrogens is 2. The van der Waals surface area contributed by atoms with Crippen LogP contribution < -0.4 is 5.32 Å². The van der Waals surface area contributed by atoms with E-state index in [-0.39, 0.29) is 5.69 Å². The van der Waals surface area contributed by atoms with E-state index in [0.29, 0.717) is 5.82 Å². The first kappa shape index (κ1) is 10.9. The molecule has 0 spiro atoms. The van der Waals surface area contributed by atoms with Crippen LogP contribution in [-0.2, 0) is 4.74 Å². The van der Waals surface area contributed by atoms with Crippen molar-refractivity contribution in [2.24, 2.45) is 11.8 Å². The predicted molar refractivity (Wildman–Crippen MR) is 59.1 cm³/mol. The van der Waals surface area contributed by atoms with Crippen molar-refractivity contribution in [2.75, 3.05) is 19.0 Å². The molecule has 0 radical (unpaired) electrons. The summed E-state index contributed by atoms with van der Waals surface area (Å²) in [5, 5.41) is 10.9. The zero-order chi connectivity index (χ0) is 11.5. The number of rotatable bonds is 4. The van der Waals surface area contributed by atoms with Crippen LogP contribution in [0.15, 0.2) is 12.1 Å². The van der Waals surface area contributed by atoms with Gasteiger partial charge in [0.1, 0.15) is 5.82 Å². The molecule has 1 aliphatic rings. The summed E-state index contributed by atoms with van der Waals surface area (Å²) in [5.74, 6) is 1.80. The van der Waals surface area contributed by atoms with Crippen LogP contribution >= 0.6 is 0 Å². The van der Waals surface area contributed by atoms with Gasteiger partial charge >= 0.3 is 5.97 Å². The van der Waals surface area contributed by atoms with Gasteiger partial charge in [-0.05, 0) is 30.4 Å². The highest BCUT2D eigenvalue weighted by molar-refractivity contribution is 5.86. The lowest BCUT2D eigenvalue weighted by Crippen LogP contribution is -2.09. The van der Waals surface area contributed by atoms with Crippen LogP contribution in [0.5, 0.6) is 0 Å². The Kier molecular flexibility index (Phi) is 3.03. The first-order chi connectivity index (χ1) is 7.70. The molecule has 16 heavy (non-hydrogen) atoms. The molecule has 2 rings (SSSR count). The Hall–Kier alpha value is -1.65. The molecular weight excluding hydrogens is 206 g/mol. The molecule has 5 nitrogen and oxygen atoms in total. The minimum absolute atomic E-state index is 0.229. The Balaban J connectivity index is 1.89. The van der Waals surface area contributed by atoms with Gasteiger partial charge in [-0.25, -0.2) is 4.79 Å². The average molecular weight is 221 g/mol. The van der Waals surface area contributed by atoms with Crippen molar-refractivity contribution in [2.45, 2.75) is 13.3 Å². The lowest BCUT2D eigenvalue weighted by Gasteiger charge is -2.03. The smallest absolute Gasteiger partial charge is 0.358 e. The Morgan fingerprint density at radius 3 is 2.81 bits per heavy atom. The second-order valence-electron chi connectivity index (χ2n) is 4.15. The minimum atomic E-state index is -0.463. The standard InChI is InChI=1S/C11H15N3O2/c1-7-5-8(7)6-12-10-4-3-9(13-14-10)11(15)16-2/h3-4,7-8H,5-6H2,1-2H3,(H,12,14). The molecule has 1 aliphatic carbocycles. The maximum absolute atomic E-state index is 11.1. The van der Waals surface area contributed by atoms with Gasteiger partial charge in [0.25, 0.3) is 0 Å². The van der Waals surface area contributed by atoms with E-state index < -0.39 is 5.97 Å². The van der Waals surface area contributed by atoms with Gasteiger partial charge in [-0.3, -0.25) is 0 Å². The molecule has 1 heterocycles. The lowest BCUT2D eigenvalue weighted by atomic mass is 10.3. The van der Waals surface area contributed by atoms with Gasteiger partial charge in [-0.15, -0.1) is 10.2 Å². The number of hydrogen-bond donors (Lipinski definition) is 1. The van der Waals surface area contributed by atoms with Gasteiger partial charge in [-0.1, -0.05) is 6.92 Å². The summed E-state index contributed by atoms with van der Waals surface area (Å²) in [4.78, 5) is 11.1. The number of anilines is 1. The monoisotopic (exact) mass is 221 g/mol. The maximum Gasteiger partial charge on any atom is 0.358 e. The highest BCUT2D eigenvalue weighted by Crippen LogP contribution is 2.37.